The average Bonchev–Trinajstić information content (AvgIpc) is 3.09. The quantitative estimate of drug-likeness (QED) is 0.0127. The largest absolute Gasteiger partial charge is 0.498 e. The van der Waals surface area contributed by atoms with Crippen LogP contribution in [-0.2, 0) is 23.4 Å². The van der Waals surface area contributed by atoms with Gasteiger partial charge in [-0.3, -0.25) is 9.32 Å². The number of hydrogen-bond acceptors (Lipinski definition) is 7. The molecule has 0 fully saturated rings. The molecule has 4 N–H and O–H groups in total. The zero-order valence-corrected chi connectivity index (χ0v) is 32.3. The predicted octanol–water partition coefficient (Wildman–Crippen LogP) is 10.0. The van der Waals surface area contributed by atoms with E-state index in [1.54, 1.807) is 30.4 Å². The molecule has 292 valence electrons. The summed E-state index contributed by atoms with van der Waals surface area (Å²) < 4.78 is 26.5. The molecule has 0 aromatic carbocycles. The maximum atomic E-state index is 12.4. The summed E-state index contributed by atoms with van der Waals surface area (Å²) in [5, 5.41) is 19.9. The maximum absolute atomic E-state index is 12.4. The number of phosphoric ester groups is 1. The lowest BCUT2D eigenvalue weighted by molar-refractivity contribution is -0.153. The minimum absolute atomic E-state index is 0.0811. The minimum Gasteiger partial charge on any atom is -0.498 e. The lowest BCUT2D eigenvalue weighted by atomic mass is 10.0. The van der Waals surface area contributed by atoms with E-state index in [1.165, 1.54) is 76.9 Å². The number of aliphatic hydroxyl groups is 2. The second-order valence-electron chi connectivity index (χ2n) is 12.6. The van der Waals surface area contributed by atoms with Crippen molar-refractivity contribution in [2.45, 2.75) is 154 Å². The molecule has 0 aliphatic heterocycles. The van der Waals surface area contributed by atoms with Gasteiger partial charge in [0.2, 0.25) is 0 Å². The molecule has 0 rings (SSSR count). The summed E-state index contributed by atoms with van der Waals surface area (Å²) in [5.74, 6) is -0.526. The Balaban J connectivity index is 4.21. The normalized spacial score (nSPS) is 14.8. The lowest BCUT2D eigenvalue weighted by Gasteiger charge is -2.17. The molecule has 10 heteroatoms. The van der Waals surface area contributed by atoms with Gasteiger partial charge in [-0.1, -0.05) is 157 Å². The van der Waals surface area contributed by atoms with Crippen LogP contribution < -0.4 is 0 Å². The molecule has 9 nitrogen and oxygen atoms in total. The zero-order chi connectivity index (χ0) is 37.7. The molecule has 0 radical (unpaired) electrons. The topological polar surface area (TPSA) is 143 Å². The molecule has 0 aliphatic rings. The number of phosphoric acid groups is 1. The van der Waals surface area contributed by atoms with Crippen molar-refractivity contribution in [3.05, 3.63) is 85.3 Å². The predicted molar refractivity (Wildman–Crippen MR) is 209 cm³/mol. The van der Waals surface area contributed by atoms with E-state index < -0.39 is 38.7 Å². The number of allylic oxidation sites excluding steroid dienone is 9. The first kappa shape index (κ1) is 48.5. The Hall–Kier alpha value is -2.52. The van der Waals surface area contributed by atoms with Gasteiger partial charge in [0.1, 0.15) is 6.61 Å². The van der Waals surface area contributed by atoms with Crippen LogP contribution in [0.25, 0.3) is 0 Å². The molecule has 0 saturated heterocycles. The Bertz CT molecular complexity index is 1070. The van der Waals surface area contributed by atoms with Crippen LogP contribution in [0.3, 0.4) is 0 Å². The fraction of sp³-hybridized carbons (Fsp3) is 0.634. The molecular weight excluding hydrogens is 667 g/mol. The van der Waals surface area contributed by atoms with E-state index in [9.17, 15) is 19.6 Å². The van der Waals surface area contributed by atoms with E-state index in [1.807, 2.05) is 48.6 Å². The molecule has 0 heterocycles. The third-order valence-electron chi connectivity index (χ3n) is 7.70. The van der Waals surface area contributed by atoms with Crippen LogP contribution in [0.4, 0.5) is 0 Å². The second-order valence-corrected chi connectivity index (χ2v) is 13.9. The van der Waals surface area contributed by atoms with Crippen LogP contribution in [0.2, 0.25) is 0 Å². The third kappa shape index (κ3) is 38.5. The molecule has 0 spiro atoms. The van der Waals surface area contributed by atoms with Crippen molar-refractivity contribution >= 4 is 13.8 Å². The molecular formula is C41H69O9P. The molecule has 0 unspecified atom stereocenters. The molecule has 0 amide bonds. The molecule has 51 heavy (non-hydrogen) atoms. The molecule has 0 bridgehead atoms. The van der Waals surface area contributed by atoms with Gasteiger partial charge >= 0.3 is 13.8 Å². The van der Waals surface area contributed by atoms with E-state index in [0.717, 1.165) is 25.7 Å². The molecule has 3 atom stereocenters. The van der Waals surface area contributed by atoms with Crippen molar-refractivity contribution in [1.29, 1.82) is 0 Å². The number of ether oxygens (including phenoxy) is 2. The van der Waals surface area contributed by atoms with Crippen LogP contribution in [-0.4, -0.2) is 57.5 Å². The van der Waals surface area contributed by atoms with Crippen molar-refractivity contribution in [3.63, 3.8) is 0 Å². The van der Waals surface area contributed by atoms with Crippen molar-refractivity contribution in [1.82, 2.24) is 0 Å². The van der Waals surface area contributed by atoms with Gasteiger partial charge in [0.25, 0.3) is 0 Å². The van der Waals surface area contributed by atoms with Gasteiger partial charge in [0, 0.05) is 6.42 Å². The van der Waals surface area contributed by atoms with Crippen LogP contribution in [0.1, 0.15) is 136 Å². The standard InChI is InChI=1S/C41H69O9P/c1-3-5-7-8-9-10-11-12-13-14-15-19-22-29-35-48-36-40(37-49-51(45,46)47)50-41(44)34-28-23-27-33-39(43)32-26-21-18-16-17-20-25-31-38(42)30-24-6-4-2/h6,17-18,20-21,24-27,29,31-33,35,38-40,42-43H,3-5,7-16,19,22-23,28,30,34,36-37H2,1-2H3,(H2,45,46,47)/b20-17-,21-18-,24-6-,31-25+,32-26+,33-27-,35-29+/t38-,39-,40+/m0/s1. The highest BCUT2D eigenvalue weighted by atomic mass is 31.2. The Labute approximate surface area is 309 Å². The van der Waals surface area contributed by atoms with E-state index in [2.05, 4.69) is 18.4 Å². The van der Waals surface area contributed by atoms with E-state index in [4.69, 9.17) is 19.3 Å². The fourth-order valence-corrected chi connectivity index (χ4v) is 5.21. The highest BCUT2D eigenvalue weighted by Crippen LogP contribution is 2.35. The summed E-state index contributed by atoms with van der Waals surface area (Å²) >= 11 is 0. The van der Waals surface area contributed by atoms with E-state index in [0.29, 0.717) is 19.3 Å². The average molecular weight is 737 g/mol. The lowest BCUT2D eigenvalue weighted by Crippen LogP contribution is -2.27. The molecule has 0 aliphatic carbocycles. The van der Waals surface area contributed by atoms with Crippen molar-refractivity contribution in [2.75, 3.05) is 13.2 Å². The summed E-state index contributed by atoms with van der Waals surface area (Å²) in [7, 11) is -4.73. The van der Waals surface area contributed by atoms with Crippen LogP contribution in [0.15, 0.2) is 85.3 Å². The van der Waals surface area contributed by atoms with Gasteiger partial charge in [-0.25, -0.2) is 4.57 Å². The minimum atomic E-state index is -4.73. The zero-order valence-electron chi connectivity index (χ0n) is 31.4. The molecule has 0 aromatic rings. The highest BCUT2D eigenvalue weighted by Gasteiger charge is 2.21. The van der Waals surface area contributed by atoms with Gasteiger partial charge in [-0.15, -0.1) is 0 Å². The number of carbonyl (C=O) groups is 1. The summed E-state index contributed by atoms with van der Waals surface area (Å²) in [6.07, 6.45) is 43.1. The highest BCUT2D eigenvalue weighted by molar-refractivity contribution is 7.46. The summed E-state index contributed by atoms with van der Waals surface area (Å²) in [4.78, 5) is 30.5. The number of esters is 1. The summed E-state index contributed by atoms with van der Waals surface area (Å²) in [5.41, 5.74) is 0. The van der Waals surface area contributed by atoms with E-state index in [-0.39, 0.29) is 13.0 Å². The summed E-state index contributed by atoms with van der Waals surface area (Å²) in [6, 6.07) is 0. The van der Waals surface area contributed by atoms with Gasteiger partial charge in [-0.2, -0.15) is 0 Å². The fourth-order valence-electron chi connectivity index (χ4n) is 4.85. The number of rotatable bonds is 34. The monoisotopic (exact) mass is 736 g/mol. The van der Waals surface area contributed by atoms with Crippen LogP contribution in [0, 0.1) is 0 Å². The number of unbranched alkanes of at least 4 members (excludes halogenated alkanes) is 13. The van der Waals surface area contributed by atoms with Gasteiger partial charge in [-0.05, 0) is 51.0 Å². The first-order valence-corrected chi connectivity index (χ1v) is 20.7. The van der Waals surface area contributed by atoms with Crippen molar-refractivity contribution in [3.8, 4) is 0 Å². The Morgan fingerprint density at radius 3 is 1.90 bits per heavy atom. The van der Waals surface area contributed by atoms with Crippen molar-refractivity contribution in [2.24, 2.45) is 0 Å². The molecule has 0 aromatic heterocycles. The van der Waals surface area contributed by atoms with Gasteiger partial charge < -0.3 is 29.5 Å². The van der Waals surface area contributed by atoms with Crippen molar-refractivity contribution < 1.29 is 43.4 Å². The second kappa shape index (κ2) is 35.9. The van der Waals surface area contributed by atoms with Gasteiger partial charge in [0.05, 0.1) is 25.1 Å². The summed E-state index contributed by atoms with van der Waals surface area (Å²) in [6.45, 7) is 3.74. The number of aliphatic hydroxyl groups excluding tert-OH is 2. The number of hydrogen-bond donors (Lipinski definition) is 4. The van der Waals surface area contributed by atoms with Gasteiger partial charge in [0.15, 0.2) is 6.10 Å². The molecule has 0 saturated carbocycles. The van der Waals surface area contributed by atoms with E-state index >= 15 is 0 Å². The van der Waals surface area contributed by atoms with Crippen LogP contribution in [0.5, 0.6) is 0 Å². The third-order valence-corrected chi connectivity index (χ3v) is 8.18. The maximum Gasteiger partial charge on any atom is 0.469 e. The smallest absolute Gasteiger partial charge is 0.469 e. The number of carbonyl (C=O) groups excluding carboxylic acids is 1. The Kier molecular flexibility index (Phi) is 34.1. The first-order chi connectivity index (χ1) is 24.7. The Morgan fingerprint density at radius 2 is 1.27 bits per heavy atom. The first-order valence-electron chi connectivity index (χ1n) is 19.2. The Morgan fingerprint density at radius 1 is 0.667 bits per heavy atom. The SMILES string of the molecule is CC/C=C\C[C@H](O)/C=C/C=C\C/C=C\C=C\[C@H](O)/C=C\CCCC(=O)O[C@H](CO/C=C/CCCCCCCCCCCCCC)COP(=O)(O)O. The van der Waals surface area contributed by atoms with Crippen LogP contribution >= 0.6 is 7.82 Å².